The fourth-order valence-corrected chi connectivity index (χ4v) is 2.80. The van der Waals surface area contributed by atoms with Gasteiger partial charge in [-0.1, -0.05) is 18.9 Å². The first-order chi connectivity index (χ1) is 10.3. The van der Waals surface area contributed by atoms with Crippen molar-refractivity contribution in [3.8, 4) is 11.8 Å². The van der Waals surface area contributed by atoms with Crippen molar-refractivity contribution in [2.24, 2.45) is 0 Å². The zero-order valence-electron chi connectivity index (χ0n) is 12.2. The van der Waals surface area contributed by atoms with Gasteiger partial charge < -0.3 is 4.74 Å². The Morgan fingerprint density at radius 3 is 2.90 bits per heavy atom. The molecule has 0 saturated heterocycles. The second-order valence-electron chi connectivity index (χ2n) is 5.61. The maximum Gasteiger partial charge on any atom is 0.132 e. The van der Waals surface area contributed by atoms with Gasteiger partial charge in [0.05, 0.1) is 23.4 Å². The second-order valence-corrected chi connectivity index (χ2v) is 5.61. The van der Waals surface area contributed by atoms with Crippen LogP contribution in [0.1, 0.15) is 48.5 Å². The molecule has 1 aliphatic rings. The second kappa shape index (κ2) is 6.01. The molecule has 3 rings (SSSR count). The van der Waals surface area contributed by atoms with Gasteiger partial charge in [-0.15, -0.1) is 0 Å². The van der Waals surface area contributed by atoms with Crippen LogP contribution in [0.4, 0.5) is 0 Å². The number of hydrogen-bond donors (Lipinski definition) is 0. The summed E-state index contributed by atoms with van der Waals surface area (Å²) in [6, 6.07) is 10.2. The summed E-state index contributed by atoms with van der Waals surface area (Å²) < 4.78 is 7.89. The lowest BCUT2D eigenvalue weighted by Crippen LogP contribution is -2.06. The van der Waals surface area contributed by atoms with E-state index >= 15 is 0 Å². The summed E-state index contributed by atoms with van der Waals surface area (Å²) in [5.41, 5.74) is 2.58. The lowest BCUT2D eigenvalue weighted by Gasteiger charge is -2.10. The summed E-state index contributed by atoms with van der Waals surface area (Å²) >= 11 is 0. The van der Waals surface area contributed by atoms with Gasteiger partial charge in [0.1, 0.15) is 12.4 Å². The fourth-order valence-electron chi connectivity index (χ4n) is 2.80. The first-order valence-electron chi connectivity index (χ1n) is 7.44. The van der Waals surface area contributed by atoms with Crippen LogP contribution in [0.5, 0.6) is 5.75 Å². The minimum absolute atomic E-state index is 0.440. The van der Waals surface area contributed by atoms with Gasteiger partial charge in [-0.25, -0.2) is 0 Å². The lowest BCUT2D eigenvalue weighted by atomic mass is 10.1. The average Bonchev–Trinajstić information content (AvgIpc) is 3.17. The van der Waals surface area contributed by atoms with E-state index in [1.54, 1.807) is 12.1 Å². The normalized spacial score (nSPS) is 15.0. The highest BCUT2D eigenvalue weighted by molar-refractivity contribution is 5.41. The molecule has 0 aliphatic heterocycles. The van der Waals surface area contributed by atoms with Crippen molar-refractivity contribution in [2.75, 3.05) is 0 Å². The molecule has 1 fully saturated rings. The molecule has 2 aromatic rings. The lowest BCUT2D eigenvalue weighted by molar-refractivity contribution is 0.296. The smallest absolute Gasteiger partial charge is 0.132 e. The minimum Gasteiger partial charge on any atom is -0.487 e. The van der Waals surface area contributed by atoms with Crippen LogP contribution in [0.25, 0.3) is 0 Å². The third-order valence-electron chi connectivity index (χ3n) is 4.06. The predicted molar refractivity (Wildman–Crippen MR) is 80.0 cm³/mol. The molecule has 0 amide bonds. The topological polar surface area (TPSA) is 50.8 Å². The van der Waals surface area contributed by atoms with Gasteiger partial charge >= 0.3 is 0 Å². The zero-order chi connectivity index (χ0) is 14.7. The van der Waals surface area contributed by atoms with Crippen LogP contribution in [0.2, 0.25) is 0 Å². The fraction of sp³-hybridized carbons (Fsp3) is 0.412. The van der Waals surface area contributed by atoms with Crippen LogP contribution < -0.4 is 4.74 Å². The highest BCUT2D eigenvalue weighted by Crippen LogP contribution is 2.28. The van der Waals surface area contributed by atoms with E-state index in [2.05, 4.69) is 15.8 Å². The van der Waals surface area contributed by atoms with Crippen LogP contribution in [-0.4, -0.2) is 9.78 Å². The van der Waals surface area contributed by atoms with Crippen LogP contribution in [0.3, 0.4) is 0 Å². The van der Waals surface area contributed by atoms with Crippen LogP contribution in [0, 0.1) is 18.3 Å². The summed E-state index contributed by atoms with van der Waals surface area (Å²) in [4.78, 5) is 0. The molecule has 1 saturated carbocycles. The molecule has 0 spiro atoms. The van der Waals surface area contributed by atoms with Crippen molar-refractivity contribution >= 4 is 0 Å². The Morgan fingerprint density at radius 2 is 2.14 bits per heavy atom. The maximum absolute atomic E-state index is 8.94. The molecule has 1 heterocycles. The van der Waals surface area contributed by atoms with Crippen LogP contribution in [0.15, 0.2) is 30.5 Å². The monoisotopic (exact) mass is 281 g/mol. The van der Waals surface area contributed by atoms with E-state index in [9.17, 15) is 0 Å². The molecule has 0 bridgehead atoms. The predicted octanol–water partition coefficient (Wildman–Crippen LogP) is 3.76. The first kappa shape index (κ1) is 13.7. The van der Waals surface area contributed by atoms with E-state index in [4.69, 9.17) is 10.00 Å². The van der Waals surface area contributed by atoms with E-state index in [-0.39, 0.29) is 0 Å². The zero-order valence-corrected chi connectivity index (χ0v) is 12.2. The molecule has 1 aromatic carbocycles. The summed E-state index contributed by atoms with van der Waals surface area (Å²) in [5, 5.41) is 13.5. The van der Waals surface area contributed by atoms with E-state index in [0.717, 1.165) is 17.0 Å². The summed E-state index contributed by atoms with van der Waals surface area (Å²) in [7, 11) is 0. The van der Waals surface area contributed by atoms with E-state index in [0.29, 0.717) is 18.2 Å². The summed E-state index contributed by atoms with van der Waals surface area (Å²) in [6.07, 6.45) is 7.11. The number of nitrogens with zero attached hydrogens (tertiary/aromatic N) is 3. The van der Waals surface area contributed by atoms with Gasteiger partial charge in [0.15, 0.2) is 0 Å². The molecule has 0 N–H and O–H groups in total. The number of nitriles is 1. The minimum atomic E-state index is 0.440. The Morgan fingerprint density at radius 1 is 1.33 bits per heavy atom. The number of ether oxygens (including phenoxy) is 1. The average molecular weight is 281 g/mol. The first-order valence-corrected chi connectivity index (χ1v) is 7.44. The number of benzene rings is 1. The molecule has 1 aromatic heterocycles. The van der Waals surface area contributed by atoms with Crippen molar-refractivity contribution < 1.29 is 4.74 Å². The van der Waals surface area contributed by atoms with Crippen LogP contribution in [-0.2, 0) is 6.61 Å². The number of aromatic nitrogens is 2. The molecule has 21 heavy (non-hydrogen) atoms. The molecule has 0 radical (unpaired) electrons. The summed E-state index contributed by atoms with van der Waals surface area (Å²) in [6.45, 7) is 2.42. The molecule has 108 valence electrons. The third-order valence-corrected chi connectivity index (χ3v) is 4.06. The van der Waals surface area contributed by atoms with Crippen molar-refractivity contribution in [1.82, 2.24) is 9.78 Å². The Bertz CT molecular complexity index is 663. The Labute approximate surface area is 125 Å². The standard InChI is InChI=1S/C17H19N3O/c1-13-6-7-14(11-18)10-17(13)21-12-15-8-9-20(19-15)16-4-2-3-5-16/h6-10,16H,2-5,12H2,1H3. The SMILES string of the molecule is Cc1ccc(C#N)cc1OCc1ccn(C2CCCC2)n1. The van der Waals surface area contributed by atoms with Crippen molar-refractivity contribution in [3.63, 3.8) is 0 Å². The van der Waals surface area contributed by atoms with Gasteiger partial charge in [-0.2, -0.15) is 10.4 Å². The maximum atomic E-state index is 8.94. The van der Waals surface area contributed by atoms with Gasteiger partial charge in [-0.3, -0.25) is 4.68 Å². The highest BCUT2D eigenvalue weighted by atomic mass is 16.5. The van der Waals surface area contributed by atoms with Gasteiger partial charge in [0.2, 0.25) is 0 Å². The molecular formula is C17H19N3O. The molecule has 1 aliphatic carbocycles. The van der Waals surface area contributed by atoms with Crippen LogP contribution >= 0.6 is 0 Å². The molecule has 0 atom stereocenters. The van der Waals surface area contributed by atoms with E-state index in [1.165, 1.54) is 25.7 Å². The van der Waals surface area contributed by atoms with Gasteiger partial charge in [-0.05, 0) is 43.5 Å². The Kier molecular flexibility index (Phi) is 3.92. The molecule has 4 nitrogen and oxygen atoms in total. The van der Waals surface area contributed by atoms with E-state index in [1.807, 2.05) is 25.3 Å². The third kappa shape index (κ3) is 3.08. The molecule has 4 heteroatoms. The van der Waals surface area contributed by atoms with Crippen molar-refractivity contribution in [3.05, 3.63) is 47.3 Å². The van der Waals surface area contributed by atoms with Gasteiger partial charge in [0, 0.05) is 6.20 Å². The highest BCUT2D eigenvalue weighted by Gasteiger charge is 2.17. The number of hydrogen-bond acceptors (Lipinski definition) is 3. The quantitative estimate of drug-likeness (QED) is 0.857. The largest absolute Gasteiger partial charge is 0.487 e. The van der Waals surface area contributed by atoms with Crippen molar-refractivity contribution in [2.45, 2.75) is 45.3 Å². The van der Waals surface area contributed by atoms with Crippen molar-refractivity contribution in [1.29, 1.82) is 5.26 Å². The number of aryl methyl sites for hydroxylation is 1. The molecular weight excluding hydrogens is 262 g/mol. The molecule has 0 unspecified atom stereocenters. The van der Waals surface area contributed by atoms with Gasteiger partial charge in [0.25, 0.3) is 0 Å². The van der Waals surface area contributed by atoms with E-state index < -0.39 is 0 Å². The number of rotatable bonds is 4. The Balaban J connectivity index is 1.66. The Hall–Kier alpha value is -2.28. The summed E-state index contributed by atoms with van der Waals surface area (Å²) in [5.74, 6) is 0.754.